The lowest BCUT2D eigenvalue weighted by Gasteiger charge is -2.30. The van der Waals surface area contributed by atoms with E-state index in [-0.39, 0.29) is 5.91 Å². The SMILES string of the molecule is CN(C(=O)c1csc(-c2ccco2)n1)C1CCCCC1. The van der Waals surface area contributed by atoms with Crippen LogP contribution in [0.3, 0.4) is 0 Å². The van der Waals surface area contributed by atoms with Crippen molar-refractivity contribution in [2.24, 2.45) is 0 Å². The van der Waals surface area contributed by atoms with Crippen molar-refractivity contribution in [1.29, 1.82) is 0 Å². The molecule has 2 aromatic heterocycles. The van der Waals surface area contributed by atoms with Crippen LogP contribution in [0.2, 0.25) is 0 Å². The van der Waals surface area contributed by atoms with Crippen molar-refractivity contribution < 1.29 is 9.21 Å². The predicted molar refractivity (Wildman–Crippen MR) is 78.8 cm³/mol. The quantitative estimate of drug-likeness (QED) is 0.863. The first-order valence-electron chi connectivity index (χ1n) is 7.02. The van der Waals surface area contributed by atoms with Gasteiger partial charge in [-0.2, -0.15) is 0 Å². The summed E-state index contributed by atoms with van der Waals surface area (Å²) in [6.45, 7) is 0. The van der Waals surface area contributed by atoms with Crippen LogP contribution in [0, 0.1) is 0 Å². The summed E-state index contributed by atoms with van der Waals surface area (Å²) in [6.07, 6.45) is 7.56. The van der Waals surface area contributed by atoms with Crippen LogP contribution in [0.1, 0.15) is 42.6 Å². The Morgan fingerprint density at radius 1 is 1.40 bits per heavy atom. The lowest BCUT2D eigenvalue weighted by molar-refractivity contribution is 0.0691. The van der Waals surface area contributed by atoms with E-state index in [1.165, 1.54) is 30.6 Å². The highest BCUT2D eigenvalue weighted by Gasteiger charge is 2.24. The van der Waals surface area contributed by atoms with Crippen molar-refractivity contribution in [2.45, 2.75) is 38.1 Å². The maximum absolute atomic E-state index is 12.5. The zero-order chi connectivity index (χ0) is 13.9. The summed E-state index contributed by atoms with van der Waals surface area (Å²) in [5.41, 5.74) is 0.523. The van der Waals surface area contributed by atoms with Crippen molar-refractivity contribution in [3.63, 3.8) is 0 Å². The molecule has 0 saturated heterocycles. The number of hydrogen-bond donors (Lipinski definition) is 0. The van der Waals surface area contributed by atoms with Crippen LogP contribution >= 0.6 is 11.3 Å². The first-order valence-corrected chi connectivity index (χ1v) is 7.90. The first-order chi connectivity index (χ1) is 9.75. The minimum Gasteiger partial charge on any atom is -0.462 e. The fraction of sp³-hybridized carbons (Fsp3) is 0.467. The van der Waals surface area contributed by atoms with Gasteiger partial charge in [-0.25, -0.2) is 4.98 Å². The Balaban J connectivity index is 1.73. The standard InChI is InChI=1S/C15H18N2O2S/c1-17(11-6-3-2-4-7-11)15(18)12-10-20-14(16-12)13-8-5-9-19-13/h5,8-11H,2-4,6-7H2,1H3. The summed E-state index contributed by atoms with van der Waals surface area (Å²) in [7, 11) is 1.89. The van der Waals surface area contributed by atoms with Gasteiger partial charge in [0.05, 0.1) is 6.26 Å². The minimum absolute atomic E-state index is 0.0194. The summed E-state index contributed by atoms with van der Waals surface area (Å²) < 4.78 is 5.31. The number of aromatic nitrogens is 1. The van der Waals surface area contributed by atoms with Crippen LogP contribution in [0.4, 0.5) is 0 Å². The molecule has 1 aliphatic carbocycles. The van der Waals surface area contributed by atoms with Crippen molar-refractivity contribution >= 4 is 17.2 Å². The number of furan rings is 1. The molecule has 0 bridgehead atoms. The maximum atomic E-state index is 12.5. The van der Waals surface area contributed by atoms with Gasteiger partial charge in [0, 0.05) is 18.5 Å². The third kappa shape index (κ3) is 2.63. The van der Waals surface area contributed by atoms with Gasteiger partial charge in [0.2, 0.25) is 0 Å². The van der Waals surface area contributed by atoms with Gasteiger partial charge in [-0.1, -0.05) is 19.3 Å². The Morgan fingerprint density at radius 3 is 2.90 bits per heavy atom. The number of hydrogen-bond acceptors (Lipinski definition) is 4. The van der Waals surface area contributed by atoms with Crippen LogP contribution in [0.5, 0.6) is 0 Å². The van der Waals surface area contributed by atoms with Crippen LogP contribution in [0.15, 0.2) is 28.2 Å². The van der Waals surface area contributed by atoms with E-state index in [0.717, 1.165) is 23.6 Å². The lowest BCUT2D eigenvalue weighted by Crippen LogP contribution is -2.38. The molecule has 3 rings (SSSR count). The molecule has 0 atom stereocenters. The van der Waals surface area contributed by atoms with E-state index in [1.807, 2.05) is 29.5 Å². The molecule has 5 heteroatoms. The second kappa shape index (κ2) is 5.79. The zero-order valence-electron chi connectivity index (χ0n) is 11.5. The van der Waals surface area contributed by atoms with E-state index in [0.29, 0.717) is 11.7 Å². The molecule has 4 nitrogen and oxygen atoms in total. The van der Waals surface area contributed by atoms with Crippen molar-refractivity contribution in [2.75, 3.05) is 7.05 Å². The van der Waals surface area contributed by atoms with Gasteiger partial charge in [0.25, 0.3) is 5.91 Å². The fourth-order valence-electron chi connectivity index (χ4n) is 2.70. The average molecular weight is 290 g/mol. The number of carbonyl (C=O) groups is 1. The fourth-order valence-corrected chi connectivity index (χ4v) is 3.46. The predicted octanol–water partition coefficient (Wildman–Crippen LogP) is 3.81. The summed E-state index contributed by atoms with van der Waals surface area (Å²) in [5, 5.41) is 2.58. The highest BCUT2D eigenvalue weighted by Crippen LogP contribution is 2.26. The summed E-state index contributed by atoms with van der Waals surface area (Å²) >= 11 is 1.45. The Labute approximate surface area is 122 Å². The number of thiazole rings is 1. The van der Waals surface area contributed by atoms with Gasteiger partial charge in [-0.15, -0.1) is 11.3 Å². The van der Waals surface area contributed by atoms with Crippen molar-refractivity contribution in [1.82, 2.24) is 9.88 Å². The molecule has 1 aliphatic rings. The molecule has 1 amide bonds. The van der Waals surface area contributed by atoms with E-state index in [4.69, 9.17) is 4.42 Å². The molecule has 0 radical (unpaired) electrons. The van der Waals surface area contributed by atoms with E-state index < -0.39 is 0 Å². The molecular weight excluding hydrogens is 272 g/mol. The Kier molecular flexibility index (Phi) is 3.87. The zero-order valence-corrected chi connectivity index (χ0v) is 12.4. The minimum atomic E-state index is 0.0194. The van der Waals surface area contributed by atoms with E-state index in [9.17, 15) is 4.79 Å². The highest BCUT2D eigenvalue weighted by molar-refractivity contribution is 7.13. The molecule has 20 heavy (non-hydrogen) atoms. The number of carbonyl (C=O) groups excluding carboxylic acids is 1. The van der Waals surface area contributed by atoms with Gasteiger partial charge < -0.3 is 9.32 Å². The molecule has 0 N–H and O–H groups in total. The van der Waals surface area contributed by atoms with Gasteiger partial charge in [0.15, 0.2) is 10.8 Å². The van der Waals surface area contributed by atoms with Crippen molar-refractivity contribution in [3.05, 3.63) is 29.5 Å². The first kappa shape index (κ1) is 13.4. The number of rotatable bonds is 3. The molecule has 1 saturated carbocycles. The second-order valence-electron chi connectivity index (χ2n) is 5.22. The summed E-state index contributed by atoms with van der Waals surface area (Å²) in [4.78, 5) is 18.7. The molecule has 0 spiro atoms. The molecule has 0 aromatic carbocycles. The second-order valence-corrected chi connectivity index (χ2v) is 6.08. The van der Waals surface area contributed by atoms with Crippen LogP contribution < -0.4 is 0 Å². The van der Waals surface area contributed by atoms with Crippen LogP contribution in [-0.4, -0.2) is 28.9 Å². The van der Waals surface area contributed by atoms with Crippen molar-refractivity contribution in [3.8, 4) is 10.8 Å². The van der Waals surface area contributed by atoms with Gasteiger partial charge >= 0.3 is 0 Å². The lowest BCUT2D eigenvalue weighted by atomic mass is 9.94. The molecule has 0 unspecified atom stereocenters. The Bertz CT molecular complexity index is 570. The van der Waals surface area contributed by atoms with Crippen LogP contribution in [-0.2, 0) is 0 Å². The average Bonchev–Trinajstić information content (AvgIpc) is 3.17. The largest absolute Gasteiger partial charge is 0.462 e. The third-order valence-corrected chi connectivity index (χ3v) is 4.75. The monoisotopic (exact) mass is 290 g/mol. The molecule has 2 heterocycles. The topological polar surface area (TPSA) is 46.3 Å². The highest BCUT2D eigenvalue weighted by atomic mass is 32.1. The van der Waals surface area contributed by atoms with Crippen LogP contribution in [0.25, 0.3) is 10.8 Å². The summed E-state index contributed by atoms with van der Waals surface area (Å²) in [6, 6.07) is 4.05. The maximum Gasteiger partial charge on any atom is 0.273 e. The number of amides is 1. The number of nitrogens with zero attached hydrogens (tertiary/aromatic N) is 2. The smallest absolute Gasteiger partial charge is 0.273 e. The molecule has 106 valence electrons. The molecule has 1 fully saturated rings. The van der Waals surface area contributed by atoms with Gasteiger partial charge in [0.1, 0.15) is 5.69 Å². The molecular formula is C15H18N2O2S. The van der Waals surface area contributed by atoms with E-state index in [1.54, 1.807) is 6.26 Å². The Hall–Kier alpha value is -1.62. The van der Waals surface area contributed by atoms with E-state index in [2.05, 4.69) is 4.98 Å². The molecule has 0 aliphatic heterocycles. The third-order valence-electron chi connectivity index (χ3n) is 3.90. The van der Waals surface area contributed by atoms with E-state index >= 15 is 0 Å². The molecule has 2 aromatic rings. The normalized spacial score (nSPS) is 16.2. The van der Waals surface area contributed by atoms with Gasteiger partial charge in [-0.3, -0.25) is 4.79 Å². The Morgan fingerprint density at radius 2 is 2.20 bits per heavy atom. The van der Waals surface area contributed by atoms with Gasteiger partial charge in [-0.05, 0) is 25.0 Å². The summed E-state index contributed by atoms with van der Waals surface area (Å²) in [5.74, 6) is 0.736.